The van der Waals surface area contributed by atoms with Crippen molar-refractivity contribution in [1.29, 1.82) is 0 Å². The van der Waals surface area contributed by atoms with Crippen molar-refractivity contribution in [3.8, 4) is 0 Å². The molecule has 29 heavy (non-hydrogen) atoms. The standard InChI is InChI=1S/C22H26F2N4O/c1-15(2)28-14-22(20(28)16-4-3-9-25-13-16)7-10-27(11-8-22)21(29)26-17-5-6-18(23)19(24)12-17/h3-6,9,12-13,15,20H,7-8,10-11,14H2,1-2H3,(H,26,29). The van der Waals surface area contributed by atoms with Gasteiger partial charge in [-0.2, -0.15) is 0 Å². The number of anilines is 1. The fraction of sp³-hybridized carbons (Fsp3) is 0.455. The molecule has 1 unspecified atom stereocenters. The molecular formula is C22H26F2N4O. The fourth-order valence-electron chi connectivity index (χ4n) is 4.71. The van der Waals surface area contributed by atoms with Crippen molar-refractivity contribution < 1.29 is 13.6 Å². The monoisotopic (exact) mass is 400 g/mol. The van der Waals surface area contributed by atoms with Crippen LogP contribution in [0, 0.1) is 17.0 Å². The minimum Gasteiger partial charge on any atom is -0.324 e. The fourth-order valence-corrected chi connectivity index (χ4v) is 4.71. The van der Waals surface area contributed by atoms with Crippen LogP contribution in [0.15, 0.2) is 42.7 Å². The minimum atomic E-state index is -0.969. The summed E-state index contributed by atoms with van der Waals surface area (Å²) in [6, 6.07) is 7.98. The van der Waals surface area contributed by atoms with Gasteiger partial charge in [-0.3, -0.25) is 9.88 Å². The Bertz CT molecular complexity index is 882. The first kappa shape index (κ1) is 19.8. The second kappa shape index (κ2) is 7.71. The van der Waals surface area contributed by atoms with E-state index in [4.69, 9.17) is 0 Å². The number of nitrogens with one attached hydrogen (secondary N) is 1. The van der Waals surface area contributed by atoms with Crippen molar-refractivity contribution in [3.05, 3.63) is 59.9 Å². The molecular weight excluding hydrogens is 374 g/mol. The molecule has 154 valence electrons. The number of rotatable bonds is 3. The first-order valence-electron chi connectivity index (χ1n) is 10.1. The summed E-state index contributed by atoms with van der Waals surface area (Å²) in [4.78, 5) is 21.1. The lowest BCUT2D eigenvalue weighted by atomic mass is 9.63. The van der Waals surface area contributed by atoms with E-state index in [0.717, 1.165) is 31.5 Å². The number of hydrogen-bond donors (Lipinski definition) is 1. The van der Waals surface area contributed by atoms with Gasteiger partial charge in [-0.05, 0) is 50.5 Å². The molecule has 2 aliphatic heterocycles. The molecule has 4 rings (SSSR count). The van der Waals surface area contributed by atoms with E-state index in [-0.39, 0.29) is 17.1 Å². The largest absolute Gasteiger partial charge is 0.324 e. The maximum absolute atomic E-state index is 13.4. The van der Waals surface area contributed by atoms with E-state index in [2.05, 4.69) is 35.1 Å². The average Bonchev–Trinajstić information content (AvgIpc) is 2.70. The molecule has 1 aromatic heterocycles. The van der Waals surface area contributed by atoms with Crippen LogP contribution in [-0.4, -0.2) is 46.5 Å². The lowest BCUT2D eigenvalue weighted by Crippen LogP contribution is -2.64. The van der Waals surface area contributed by atoms with Gasteiger partial charge in [0, 0.05) is 61.3 Å². The molecule has 2 fully saturated rings. The average molecular weight is 400 g/mol. The summed E-state index contributed by atoms with van der Waals surface area (Å²) in [5.41, 5.74) is 1.63. The van der Waals surface area contributed by atoms with Crippen LogP contribution < -0.4 is 5.32 Å². The van der Waals surface area contributed by atoms with Crippen molar-refractivity contribution >= 4 is 11.7 Å². The normalized spacial score (nSPS) is 21.3. The molecule has 2 saturated heterocycles. The third kappa shape index (κ3) is 3.71. The second-order valence-corrected chi connectivity index (χ2v) is 8.36. The molecule has 1 atom stereocenters. The van der Waals surface area contributed by atoms with E-state index in [1.807, 2.05) is 12.3 Å². The summed E-state index contributed by atoms with van der Waals surface area (Å²) < 4.78 is 26.5. The van der Waals surface area contributed by atoms with Crippen LogP contribution in [0.1, 0.15) is 38.3 Å². The molecule has 1 N–H and O–H groups in total. The van der Waals surface area contributed by atoms with Gasteiger partial charge >= 0.3 is 6.03 Å². The summed E-state index contributed by atoms with van der Waals surface area (Å²) in [7, 11) is 0. The summed E-state index contributed by atoms with van der Waals surface area (Å²) in [5.74, 6) is -1.90. The Morgan fingerprint density at radius 2 is 1.97 bits per heavy atom. The first-order valence-corrected chi connectivity index (χ1v) is 10.1. The molecule has 0 radical (unpaired) electrons. The number of benzene rings is 1. The lowest BCUT2D eigenvalue weighted by Gasteiger charge is -2.62. The number of halogens is 2. The summed E-state index contributed by atoms with van der Waals surface area (Å²) >= 11 is 0. The molecule has 2 aromatic rings. The van der Waals surface area contributed by atoms with E-state index in [9.17, 15) is 13.6 Å². The Kier molecular flexibility index (Phi) is 5.25. The Morgan fingerprint density at radius 3 is 2.59 bits per heavy atom. The zero-order chi connectivity index (χ0) is 20.6. The van der Waals surface area contributed by atoms with Crippen LogP contribution in [0.5, 0.6) is 0 Å². The van der Waals surface area contributed by atoms with Crippen LogP contribution >= 0.6 is 0 Å². The van der Waals surface area contributed by atoms with Gasteiger partial charge < -0.3 is 10.2 Å². The number of carbonyl (C=O) groups excluding carboxylic acids is 1. The molecule has 2 amide bonds. The van der Waals surface area contributed by atoms with Crippen LogP contribution in [-0.2, 0) is 0 Å². The van der Waals surface area contributed by atoms with E-state index in [0.29, 0.717) is 25.2 Å². The van der Waals surface area contributed by atoms with Crippen LogP contribution in [0.4, 0.5) is 19.3 Å². The maximum Gasteiger partial charge on any atom is 0.321 e. The van der Waals surface area contributed by atoms with Gasteiger partial charge in [0.15, 0.2) is 11.6 Å². The Hall–Kier alpha value is -2.54. The first-order chi connectivity index (χ1) is 13.9. The lowest BCUT2D eigenvalue weighted by molar-refractivity contribution is -0.123. The van der Waals surface area contributed by atoms with E-state index < -0.39 is 11.6 Å². The highest BCUT2D eigenvalue weighted by Gasteiger charge is 2.54. The van der Waals surface area contributed by atoms with Gasteiger partial charge in [-0.25, -0.2) is 13.6 Å². The summed E-state index contributed by atoms with van der Waals surface area (Å²) in [6.07, 6.45) is 5.55. The summed E-state index contributed by atoms with van der Waals surface area (Å²) in [6.45, 7) is 6.71. The van der Waals surface area contributed by atoms with E-state index >= 15 is 0 Å². The number of urea groups is 1. The highest BCUT2D eigenvalue weighted by atomic mass is 19.2. The second-order valence-electron chi connectivity index (χ2n) is 8.36. The number of hydrogen-bond acceptors (Lipinski definition) is 3. The van der Waals surface area contributed by atoms with E-state index in [1.165, 1.54) is 11.6 Å². The van der Waals surface area contributed by atoms with Gasteiger partial charge in [-0.1, -0.05) is 6.07 Å². The van der Waals surface area contributed by atoms with Crippen molar-refractivity contribution in [2.24, 2.45) is 5.41 Å². The highest BCUT2D eigenvalue weighted by Crippen LogP contribution is 2.55. The Balaban J connectivity index is 1.42. The zero-order valence-electron chi connectivity index (χ0n) is 16.7. The Morgan fingerprint density at radius 1 is 1.21 bits per heavy atom. The minimum absolute atomic E-state index is 0.145. The molecule has 7 heteroatoms. The van der Waals surface area contributed by atoms with Gasteiger partial charge in [0.2, 0.25) is 0 Å². The van der Waals surface area contributed by atoms with Crippen LogP contribution in [0.2, 0.25) is 0 Å². The van der Waals surface area contributed by atoms with Crippen LogP contribution in [0.3, 0.4) is 0 Å². The van der Waals surface area contributed by atoms with Gasteiger partial charge in [0.1, 0.15) is 0 Å². The Labute approximate surface area is 169 Å². The zero-order valence-corrected chi connectivity index (χ0v) is 16.7. The number of piperidine rings is 1. The molecule has 5 nitrogen and oxygen atoms in total. The predicted octanol–water partition coefficient (Wildman–Crippen LogP) is 4.44. The van der Waals surface area contributed by atoms with Gasteiger partial charge in [-0.15, -0.1) is 0 Å². The molecule has 0 aliphatic carbocycles. The third-order valence-corrected chi connectivity index (χ3v) is 6.29. The quantitative estimate of drug-likeness (QED) is 0.829. The SMILES string of the molecule is CC(C)N1CC2(CCN(C(=O)Nc3ccc(F)c(F)c3)CC2)C1c1cccnc1. The van der Waals surface area contributed by atoms with Crippen LogP contribution in [0.25, 0.3) is 0 Å². The van der Waals surface area contributed by atoms with Crippen molar-refractivity contribution in [2.45, 2.75) is 38.8 Å². The van der Waals surface area contributed by atoms with Gasteiger partial charge in [0.25, 0.3) is 0 Å². The number of likely N-dealkylation sites (tertiary alicyclic amines) is 2. The van der Waals surface area contributed by atoms with Crippen molar-refractivity contribution in [1.82, 2.24) is 14.8 Å². The van der Waals surface area contributed by atoms with E-state index in [1.54, 1.807) is 11.1 Å². The number of nitrogens with zero attached hydrogens (tertiary/aromatic N) is 3. The highest BCUT2D eigenvalue weighted by molar-refractivity contribution is 5.89. The topological polar surface area (TPSA) is 48.5 Å². The molecule has 3 heterocycles. The number of aromatic nitrogens is 1. The number of carbonyl (C=O) groups is 1. The smallest absolute Gasteiger partial charge is 0.321 e. The van der Waals surface area contributed by atoms with Gasteiger partial charge in [0.05, 0.1) is 0 Å². The predicted molar refractivity (Wildman–Crippen MR) is 107 cm³/mol. The number of amides is 2. The summed E-state index contributed by atoms with van der Waals surface area (Å²) in [5, 5.41) is 2.67. The maximum atomic E-state index is 13.4. The molecule has 2 aliphatic rings. The number of pyridine rings is 1. The molecule has 0 bridgehead atoms. The van der Waals surface area contributed by atoms with Crippen molar-refractivity contribution in [2.75, 3.05) is 25.0 Å². The molecule has 1 aromatic carbocycles. The van der Waals surface area contributed by atoms with Crippen molar-refractivity contribution in [3.63, 3.8) is 0 Å². The third-order valence-electron chi connectivity index (χ3n) is 6.29. The molecule has 0 saturated carbocycles. The molecule has 1 spiro atoms.